The average molecular weight is 275 g/mol. The molecule has 0 saturated heterocycles. The molecule has 100 valence electrons. The Balaban J connectivity index is 2.90. The number of aromatic nitrogens is 2. The van der Waals surface area contributed by atoms with Gasteiger partial charge in [0.15, 0.2) is 0 Å². The maximum Gasteiger partial charge on any atom is 0.332 e. The van der Waals surface area contributed by atoms with Crippen molar-refractivity contribution in [1.29, 1.82) is 0 Å². The van der Waals surface area contributed by atoms with Gasteiger partial charge < -0.3 is 10.4 Å². The van der Waals surface area contributed by atoms with Crippen molar-refractivity contribution in [2.75, 3.05) is 18.5 Å². The predicted octanol–water partition coefficient (Wildman–Crippen LogP) is 1.78. The van der Waals surface area contributed by atoms with Crippen LogP contribution in [0, 0.1) is 23.0 Å². The van der Waals surface area contributed by atoms with E-state index in [-0.39, 0.29) is 35.0 Å². The molecule has 7 nitrogen and oxygen atoms in total. The van der Waals surface area contributed by atoms with Gasteiger partial charge in [-0.05, 0) is 30.9 Å². The fraction of sp³-hybridized carbons (Fsp3) is 0.600. The number of rotatable bonds is 6. The molecule has 0 aromatic carbocycles. The predicted molar refractivity (Wildman–Crippen MR) is 67.8 cm³/mol. The van der Waals surface area contributed by atoms with E-state index in [2.05, 4.69) is 15.3 Å². The van der Waals surface area contributed by atoms with Gasteiger partial charge >= 0.3 is 5.69 Å². The highest BCUT2D eigenvalue weighted by molar-refractivity contribution is 6.28. The van der Waals surface area contributed by atoms with Crippen LogP contribution in [0.4, 0.5) is 11.5 Å². The molecule has 1 unspecified atom stereocenters. The highest BCUT2D eigenvalue weighted by atomic mass is 35.5. The van der Waals surface area contributed by atoms with Gasteiger partial charge in [0.25, 0.3) is 0 Å². The van der Waals surface area contributed by atoms with Gasteiger partial charge in [-0.3, -0.25) is 10.1 Å². The van der Waals surface area contributed by atoms with Gasteiger partial charge in [-0.15, -0.1) is 0 Å². The number of aryl methyl sites for hydroxylation is 1. The number of halogens is 1. The summed E-state index contributed by atoms with van der Waals surface area (Å²) in [5.41, 5.74) is 0.0490. The minimum absolute atomic E-state index is 0.0320. The summed E-state index contributed by atoms with van der Waals surface area (Å²) in [5, 5.41) is 22.5. The zero-order chi connectivity index (χ0) is 13.7. The Morgan fingerprint density at radius 3 is 2.78 bits per heavy atom. The van der Waals surface area contributed by atoms with E-state index in [1.54, 1.807) is 0 Å². The summed E-state index contributed by atoms with van der Waals surface area (Å²) in [6.45, 7) is 3.97. The van der Waals surface area contributed by atoms with Crippen LogP contribution in [0.2, 0.25) is 5.28 Å². The number of hydrogen-bond acceptors (Lipinski definition) is 6. The standard InChI is InChI=1S/C10H15ClN4O3/c1-6(3-4-16)5-12-9-8(15(17)18)7(2)13-10(11)14-9/h6,16H,3-5H2,1-2H3,(H,12,13,14). The number of nitrogens with one attached hydrogen (secondary N) is 1. The lowest BCUT2D eigenvalue weighted by molar-refractivity contribution is -0.385. The van der Waals surface area contributed by atoms with Crippen molar-refractivity contribution in [3.8, 4) is 0 Å². The molecule has 0 fully saturated rings. The van der Waals surface area contributed by atoms with Gasteiger partial charge in [-0.1, -0.05) is 6.92 Å². The van der Waals surface area contributed by atoms with Crippen LogP contribution in [0.15, 0.2) is 0 Å². The molecule has 0 aliphatic rings. The Hall–Kier alpha value is -1.47. The molecule has 0 bridgehead atoms. The molecule has 0 spiro atoms. The third kappa shape index (κ3) is 3.78. The van der Waals surface area contributed by atoms with Crippen molar-refractivity contribution in [1.82, 2.24) is 9.97 Å². The Morgan fingerprint density at radius 1 is 1.56 bits per heavy atom. The van der Waals surface area contributed by atoms with Crippen LogP contribution in [0.3, 0.4) is 0 Å². The lowest BCUT2D eigenvalue weighted by Gasteiger charge is -2.12. The SMILES string of the molecule is Cc1nc(Cl)nc(NCC(C)CCO)c1[N+](=O)[O-]. The molecule has 0 radical (unpaired) electrons. The molecule has 2 N–H and O–H groups in total. The smallest absolute Gasteiger partial charge is 0.332 e. The summed E-state index contributed by atoms with van der Waals surface area (Å²) in [5.74, 6) is 0.283. The van der Waals surface area contributed by atoms with Gasteiger partial charge in [-0.2, -0.15) is 4.98 Å². The lowest BCUT2D eigenvalue weighted by atomic mass is 10.1. The molecule has 0 amide bonds. The van der Waals surface area contributed by atoms with E-state index < -0.39 is 4.92 Å². The molecule has 8 heteroatoms. The number of nitro groups is 1. The van der Waals surface area contributed by atoms with Crippen molar-refractivity contribution in [2.45, 2.75) is 20.3 Å². The number of anilines is 1. The first kappa shape index (κ1) is 14.6. The molecule has 0 aliphatic heterocycles. The fourth-order valence-corrected chi connectivity index (χ4v) is 1.68. The highest BCUT2D eigenvalue weighted by Crippen LogP contribution is 2.26. The van der Waals surface area contributed by atoms with Gasteiger partial charge in [0.05, 0.1) is 4.92 Å². The van der Waals surface area contributed by atoms with Crippen molar-refractivity contribution < 1.29 is 10.0 Å². The van der Waals surface area contributed by atoms with Gasteiger partial charge in [0.2, 0.25) is 11.1 Å². The van der Waals surface area contributed by atoms with Crippen molar-refractivity contribution in [3.63, 3.8) is 0 Å². The molecule has 0 saturated carbocycles. The molecule has 1 rings (SSSR count). The summed E-state index contributed by atoms with van der Waals surface area (Å²) < 4.78 is 0. The summed E-state index contributed by atoms with van der Waals surface area (Å²) in [7, 11) is 0. The first-order valence-corrected chi connectivity index (χ1v) is 5.86. The zero-order valence-electron chi connectivity index (χ0n) is 10.2. The maximum atomic E-state index is 10.9. The monoisotopic (exact) mass is 274 g/mol. The fourth-order valence-electron chi connectivity index (χ4n) is 1.47. The highest BCUT2D eigenvalue weighted by Gasteiger charge is 2.21. The van der Waals surface area contributed by atoms with Gasteiger partial charge in [0.1, 0.15) is 5.69 Å². The molecule has 1 aromatic heterocycles. The van der Waals surface area contributed by atoms with Crippen molar-refractivity contribution in [3.05, 3.63) is 21.1 Å². The van der Waals surface area contributed by atoms with Gasteiger partial charge in [-0.25, -0.2) is 4.98 Å². The van der Waals surface area contributed by atoms with Crippen LogP contribution in [0.25, 0.3) is 0 Å². The molecular weight excluding hydrogens is 260 g/mol. The van der Waals surface area contributed by atoms with E-state index in [1.165, 1.54) is 6.92 Å². The second kappa shape index (κ2) is 6.46. The second-order valence-electron chi connectivity index (χ2n) is 4.03. The largest absolute Gasteiger partial charge is 0.396 e. The average Bonchev–Trinajstić information content (AvgIpc) is 2.25. The molecule has 1 aromatic rings. The van der Waals surface area contributed by atoms with Crippen LogP contribution < -0.4 is 5.32 Å². The third-order valence-electron chi connectivity index (χ3n) is 2.45. The van der Waals surface area contributed by atoms with Crippen LogP contribution >= 0.6 is 11.6 Å². The topological polar surface area (TPSA) is 101 Å². The summed E-state index contributed by atoms with van der Waals surface area (Å²) in [6, 6.07) is 0. The van der Waals surface area contributed by atoms with Crippen molar-refractivity contribution in [2.24, 2.45) is 5.92 Å². The first-order valence-electron chi connectivity index (χ1n) is 5.49. The maximum absolute atomic E-state index is 10.9. The van der Waals surface area contributed by atoms with E-state index >= 15 is 0 Å². The Bertz CT molecular complexity index is 441. The molecule has 18 heavy (non-hydrogen) atoms. The van der Waals surface area contributed by atoms with Crippen molar-refractivity contribution >= 4 is 23.1 Å². The Morgan fingerprint density at radius 2 is 2.22 bits per heavy atom. The summed E-state index contributed by atoms with van der Waals surface area (Å²) in [6.07, 6.45) is 0.610. The lowest BCUT2D eigenvalue weighted by Crippen LogP contribution is -2.15. The molecule has 0 aliphatic carbocycles. The number of nitrogens with zero attached hydrogens (tertiary/aromatic N) is 3. The summed E-state index contributed by atoms with van der Waals surface area (Å²) >= 11 is 5.68. The molecule has 1 atom stereocenters. The van der Waals surface area contributed by atoms with E-state index in [4.69, 9.17) is 16.7 Å². The quantitative estimate of drug-likeness (QED) is 0.466. The number of aliphatic hydroxyl groups excluding tert-OH is 1. The van der Waals surface area contributed by atoms with E-state index in [0.29, 0.717) is 13.0 Å². The van der Waals surface area contributed by atoms with E-state index in [0.717, 1.165) is 0 Å². The van der Waals surface area contributed by atoms with Crippen LogP contribution in [0.1, 0.15) is 19.0 Å². The van der Waals surface area contributed by atoms with Crippen LogP contribution in [-0.4, -0.2) is 33.1 Å². The van der Waals surface area contributed by atoms with Gasteiger partial charge in [0, 0.05) is 13.2 Å². The minimum Gasteiger partial charge on any atom is -0.396 e. The molecular formula is C10H15ClN4O3. The normalized spacial score (nSPS) is 12.2. The first-order chi connectivity index (χ1) is 8.45. The Labute approximate surface area is 109 Å². The third-order valence-corrected chi connectivity index (χ3v) is 2.62. The Kier molecular flexibility index (Phi) is 5.24. The number of aliphatic hydroxyl groups is 1. The van der Waals surface area contributed by atoms with E-state index in [1.807, 2.05) is 6.92 Å². The summed E-state index contributed by atoms with van der Waals surface area (Å²) in [4.78, 5) is 18.0. The van der Waals surface area contributed by atoms with Crippen LogP contribution in [0.5, 0.6) is 0 Å². The van der Waals surface area contributed by atoms with Crippen LogP contribution in [-0.2, 0) is 0 Å². The number of hydrogen-bond donors (Lipinski definition) is 2. The van der Waals surface area contributed by atoms with E-state index in [9.17, 15) is 10.1 Å². The zero-order valence-corrected chi connectivity index (χ0v) is 10.9. The molecule has 1 heterocycles. The second-order valence-corrected chi connectivity index (χ2v) is 4.37. The minimum atomic E-state index is -0.537.